The summed E-state index contributed by atoms with van der Waals surface area (Å²) in [5.41, 5.74) is 6.44. The van der Waals surface area contributed by atoms with Crippen molar-refractivity contribution < 1.29 is 4.39 Å². The molecule has 2 nitrogen and oxygen atoms in total. The van der Waals surface area contributed by atoms with Crippen LogP contribution >= 0.6 is 12.2 Å². The van der Waals surface area contributed by atoms with Crippen LogP contribution in [0.2, 0.25) is 0 Å². The Morgan fingerprint density at radius 2 is 2.08 bits per heavy atom. The molecule has 0 amide bonds. The lowest BCUT2D eigenvalue weighted by Gasteiger charge is -2.13. The monoisotopic (exact) mass is 198 g/mol. The molecule has 1 aromatic rings. The summed E-state index contributed by atoms with van der Waals surface area (Å²) in [5.74, 6) is -0.310. The van der Waals surface area contributed by atoms with E-state index in [4.69, 9.17) is 18.0 Å². The number of anilines is 1. The molecule has 70 valence electrons. The molecule has 0 radical (unpaired) electrons. The van der Waals surface area contributed by atoms with Crippen molar-refractivity contribution in [3.8, 4) is 0 Å². The van der Waals surface area contributed by atoms with Crippen molar-refractivity contribution in [2.75, 3.05) is 19.0 Å². The zero-order valence-electron chi connectivity index (χ0n) is 7.54. The topological polar surface area (TPSA) is 29.3 Å². The van der Waals surface area contributed by atoms with Gasteiger partial charge >= 0.3 is 0 Å². The predicted molar refractivity (Wildman–Crippen MR) is 56.6 cm³/mol. The van der Waals surface area contributed by atoms with Gasteiger partial charge in [-0.1, -0.05) is 12.2 Å². The van der Waals surface area contributed by atoms with Crippen molar-refractivity contribution in [2.45, 2.75) is 0 Å². The first-order valence-corrected chi connectivity index (χ1v) is 4.20. The van der Waals surface area contributed by atoms with Crippen LogP contribution in [0.15, 0.2) is 18.2 Å². The molecule has 0 fully saturated rings. The minimum atomic E-state index is -0.310. The van der Waals surface area contributed by atoms with Crippen LogP contribution in [-0.2, 0) is 0 Å². The summed E-state index contributed by atoms with van der Waals surface area (Å²) in [6.07, 6.45) is 0. The average Bonchev–Trinajstić information content (AvgIpc) is 2.03. The minimum Gasteiger partial charge on any atom is -0.389 e. The molecule has 0 aliphatic heterocycles. The number of hydrogen-bond donors (Lipinski definition) is 1. The molecule has 0 aliphatic rings. The lowest BCUT2D eigenvalue weighted by Crippen LogP contribution is -2.13. The van der Waals surface area contributed by atoms with Gasteiger partial charge in [0.25, 0.3) is 0 Å². The molecule has 1 rings (SSSR count). The number of nitrogens with zero attached hydrogens (tertiary/aromatic N) is 1. The van der Waals surface area contributed by atoms with Crippen LogP contribution in [0.25, 0.3) is 0 Å². The highest BCUT2D eigenvalue weighted by Crippen LogP contribution is 2.17. The molecule has 0 atom stereocenters. The van der Waals surface area contributed by atoms with Crippen LogP contribution in [0, 0.1) is 5.82 Å². The maximum atomic E-state index is 13.3. The van der Waals surface area contributed by atoms with E-state index < -0.39 is 0 Å². The van der Waals surface area contributed by atoms with Gasteiger partial charge in [-0.05, 0) is 18.2 Å². The molecule has 0 spiro atoms. The highest BCUT2D eigenvalue weighted by molar-refractivity contribution is 7.80. The Balaban J connectivity index is 3.13. The maximum Gasteiger partial charge on any atom is 0.147 e. The van der Waals surface area contributed by atoms with Crippen molar-refractivity contribution in [1.82, 2.24) is 0 Å². The van der Waals surface area contributed by atoms with Crippen molar-refractivity contribution in [3.63, 3.8) is 0 Å². The van der Waals surface area contributed by atoms with Crippen LogP contribution in [0.3, 0.4) is 0 Å². The van der Waals surface area contributed by atoms with Crippen LogP contribution in [0.4, 0.5) is 10.1 Å². The Labute approximate surface area is 82.2 Å². The number of thiocarbonyl (C=S) groups is 1. The van der Waals surface area contributed by atoms with Crippen LogP contribution in [0.5, 0.6) is 0 Å². The summed E-state index contributed by atoms with van der Waals surface area (Å²) in [7, 11) is 3.55. The van der Waals surface area contributed by atoms with E-state index in [-0.39, 0.29) is 10.8 Å². The molecular formula is C9H11FN2S. The van der Waals surface area contributed by atoms with E-state index in [0.29, 0.717) is 11.3 Å². The molecule has 4 heteroatoms. The second kappa shape index (κ2) is 3.70. The van der Waals surface area contributed by atoms with E-state index in [1.165, 1.54) is 6.07 Å². The average molecular weight is 198 g/mol. The van der Waals surface area contributed by atoms with Crippen LogP contribution < -0.4 is 10.6 Å². The second-order valence-corrected chi connectivity index (χ2v) is 3.36. The number of hydrogen-bond acceptors (Lipinski definition) is 2. The van der Waals surface area contributed by atoms with Gasteiger partial charge in [0.15, 0.2) is 0 Å². The minimum absolute atomic E-state index is 0.212. The molecule has 0 aromatic heterocycles. The number of nitrogens with two attached hydrogens (primary N) is 1. The summed E-state index contributed by atoms with van der Waals surface area (Å²) in [6.45, 7) is 0. The third-order valence-electron chi connectivity index (χ3n) is 1.71. The smallest absolute Gasteiger partial charge is 0.147 e. The number of rotatable bonds is 2. The summed E-state index contributed by atoms with van der Waals surface area (Å²) in [5, 5.41) is 0. The first-order chi connectivity index (χ1) is 6.02. The van der Waals surface area contributed by atoms with Gasteiger partial charge in [-0.3, -0.25) is 0 Å². The largest absolute Gasteiger partial charge is 0.389 e. The molecule has 0 bridgehead atoms. The summed E-state index contributed by atoms with van der Waals surface area (Å²) in [6, 6.07) is 4.71. The fourth-order valence-corrected chi connectivity index (χ4v) is 1.15. The van der Waals surface area contributed by atoms with E-state index in [1.54, 1.807) is 31.1 Å². The van der Waals surface area contributed by atoms with E-state index in [9.17, 15) is 4.39 Å². The van der Waals surface area contributed by atoms with Crippen LogP contribution in [0.1, 0.15) is 5.56 Å². The van der Waals surface area contributed by atoms with Gasteiger partial charge in [-0.15, -0.1) is 0 Å². The highest BCUT2D eigenvalue weighted by atomic mass is 32.1. The Bertz CT molecular complexity index is 336. The third-order valence-corrected chi connectivity index (χ3v) is 1.95. The predicted octanol–water partition coefficient (Wildman–Crippen LogP) is 1.53. The summed E-state index contributed by atoms with van der Waals surface area (Å²) in [4.78, 5) is 1.91. The maximum absolute atomic E-state index is 13.3. The highest BCUT2D eigenvalue weighted by Gasteiger charge is 2.05. The zero-order valence-corrected chi connectivity index (χ0v) is 8.36. The Kier molecular flexibility index (Phi) is 2.83. The first-order valence-electron chi connectivity index (χ1n) is 3.79. The normalized spacial score (nSPS) is 9.77. The van der Waals surface area contributed by atoms with Crippen LogP contribution in [-0.4, -0.2) is 19.1 Å². The van der Waals surface area contributed by atoms with Crippen molar-refractivity contribution in [2.24, 2.45) is 5.73 Å². The Hall–Kier alpha value is -1.16. The summed E-state index contributed by atoms with van der Waals surface area (Å²) < 4.78 is 13.3. The van der Waals surface area contributed by atoms with Crippen molar-refractivity contribution in [3.05, 3.63) is 29.6 Å². The molecule has 0 saturated heterocycles. The molecule has 0 heterocycles. The Morgan fingerprint density at radius 1 is 1.46 bits per heavy atom. The quantitative estimate of drug-likeness (QED) is 0.731. The molecule has 0 unspecified atom stereocenters. The summed E-state index contributed by atoms with van der Waals surface area (Å²) >= 11 is 4.73. The number of benzene rings is 1. The SMILES string of the molecule is CN(C)c1ccc(C(N)=S)cc1F. The van der Waals surface area contributed by atoms with E-state index in [1.807, 2.05) is 0 Å². The van der Waals surface area contributed by atoms with Gasteiger partial charge in [0.05, 0.1) is 5.69 Å². The fraction of sp³-hybridized carbons (Fsp3) is 0.222. The Morgan fingerprint density at radius 3 is 2.46 bits per heavy atom. The molecule has 2 N–H and O–H groups in total. The van der Waals surface area contributed by atoms with Gasteiger partial charge in [-0.25, -0.2) is 4.39 Å². The molecule has 0 aliphatic carbocycles. The van der Waals surface area contributed by atoms with Crippen molar-refractivity contribution in [1.29, 1.82) is 0 Å². The van der Waals surface area contributed by atoms with Gasteiger partial charge in [-0.2, -0.15) is 0 Å². The molecular weight excluding hydrogens is 187 g/mol. The second-order valence-electron chi connectivity index (χ2n) is 2.92. The molecule has 0 saturated carbocycles. The van der Waals surface area contributed by atoms with Gasteiger partial charge in [0, 0.05) is 19.7 Å². The first kappa shape index (κ1) is 9.92. The van der Waals surface area contributed by atoms with Gasteiger partial charge < -0.3 is 10.6 Å². The standard InChI is InChI=1S/C9H11FN2S/c1-12(2)8-4-3-6(9(11)13)5-7(8)10/h3-5H,1-2H3,(H2,11,13). The van der Waals surface area contributed by atoms with E-state index >= 15 is 0 Å². The molecule has 1 aromatic carbocycles. The number of halogens is 1. The van der Waals surface area contributed by atoms with E-state index in [2.05, 4.69) is 0 Å². The van der Waals surface area contributed by atoms with Gasteiger partial charge in [0.2, 0.25) is 0 Å². The zero-order chi connectivity index (χ0) is 10.0. The van der Waals surface area contributed by atoms with Crippen molar-refractivity contribution >= 4 is 22.9 Å². The van der Waals surface area contributed by atoms with Gasteiger partial charge in [0.1, 0.15) is 10.8 Å². The lowest BCUT2D eigenvalue weighted by molar-refractivity contribution is 0.626. The fourth-order valence-electron chi connectivity index (χ4n) is 1.02. The van der Waals surface area contributed by atoms with E-state index in [0.717, 1.165) is 0 Å². The molecule has 13 heavy (non-hydrogen) atoms. The lowest BCUT2D eigenvalue weighted by atomic mass is 10.2. The third kappa shape index (κ3) is 2.15.